The van der Waals surface area contributed by atoms with Gasteiger partial charge in [-0.25, -0.2) is 0 Å². The van der Waals surface area contributed by atoms with Crippen molar-refractivity contribution in [2.75, 3.05) is 0 Å². The molecule has 1 aliphatic carbocycles. The summed E-state index contributed by atoms with van der Waals surface area (Å²) in [5, 5.41) is 10.3. The number of aromatic nitrogens is 3. The quantitative estimate of drug-likeness (QED) is 0.583. The third-order valence-electron chi connectivity index (χ3n) is 4.74. The molecule has 1 heterocycles. The molecule has 0 bridgehead atoms. The molecular formula is C21H20ClN3OS. The summed E-state index contributed by atoms with van der Waals surface area (Å²) in [5.74, 6) is 1.07. The van der Waals surface area contributed by atoms with E-state index in [0.29, 0.717) is 17.2 Å². The van der Waals surface area contributed by atoms with Crippen LogP contribution in [-0.4, -0.2) is 25.8 Å². The van der Waals surface area contributed by atoms with Crippen LogP contribution in [0.1, 0.15) is 31.2 Å². The van der Waals surface area contributed by atoms with Gasteiger partial charge in [-0.3, -0.25) is 9.36 Å². The van der Waals surface area contributed by atoms with Crippen molar-refractivity contribution in [3.63, 3.8) is 0 Å². The number of hydrogen-bond acceptors (Lipinski definition) is 4. The fourth-order valence-corrected chi connectivity index (χ4v) is 4.63. The van der Waals surface area contributed by atoms with E-state index in [0.717, 1.165) is 47.1 Å². The molecule has 4 rings (SSSR count). The van der Waals surface area contributed by atoms with E-state index in [9.17, 15) is 4.79 Å². The Labute approximate surface area is 168 Å². The standard InChI is InChI=1S/C21H20ClN3OS/c1-14-5-4-6-17(13-14)25-20(15-9-11-16(22)12-10-15)23-24-21(25)27-19-8-3-2-7-18(19)26/h4-6,9-13,19H,2-3,7-8H2,1H3. The highest BCUT2D eigenvalue weighted by atomic mass is 35.5. The van der Waals surface area contributed by atoms with E-state index >= 15 is 0 Å². The molecule has 1 unspecified atom stereocenters. The fourth-order valence-electron chi connectivity index (χ4n) is 3.33. The highest BCUT2D eigenvalue weighted by Crippen LogP contribution is 2.34. The number of halogens is 1. The highest BCUT2D eigenvalue weighted by molar-refractivity contribution is 8.00. The molecule has 0 N–H and O–H groups in total. The summed E-state index contributed by atoms with van der Waals surface area (Å²) in [7, 11) is 0. The van der Waals surface area contributed by atoms with Gasteiger partial charge in [0.2, 0.25) is 0 Å². The lowest BCUT2D eigenvalue weighted by Gasteiger charge is -2.20. The normalized spacial score (nSPS) is 17.3. The molecule has 138 valence electrons. The van der Waals surface area contributed by atoms with Crippen molar-refractivity contribution in [2.45, 2.75) is 43.0 Å². The fraction of sp³-hybridized carbons (Fsp3) is 0.286. The van der Waals surface area contributed by atoms with E-state index in [4.69, 9.17) is 11.6 Å². The number of nitrogens with zero attached hydrogens (tertiary/aromatic N) is 3. The average Bonchev–Trinajstić information content (AvgIpc) is 3.08. The molecule has 1 saturated carbocycles. The maximum Gasteiger partial charge on any atom is 0.196 e. The Morgan fingerprint density at radius 3 is 2.67 bits per heavy atom. The van der Waals surface area contributed by atoms with Gasteiger partial charge >= 0.3 is 0 Å². The second-order valence-electron chi connectivity index (χ2n) is 6.81. The van der Waals surface area contributed by atoms with Crippen LogP contribution < -0.4 is 0 Å². The topological polar surface area (TPSA) is 47.8 Å². The SMILES string of the molecule is Cc1cccc(-n2c(SC3CCCCC3=O)nnc2-c2ccc(Cl)cc2)c1. The van der Waals surface area contributed by atoms with Gasteiger partial charge in [0.05, 0.1) is 5.25 Å². The van der Waals surface area contributed by atoms with Crippen LogP contribution >= 0.6 is 23.4 Å². The Kier molecular flexibility index (Phi) is 5.32. The molecule has 0 saturated heterocycles. The van der Waals surface area contributed by atoms with Crippen LogP contribution in [0.4, 0.5) is 0 Å². The molecule has 1 fully saturated rings. The zero-order chi connectivity index (χ0) is 18.8. The van der Waals surface area contributed by atoms with Crippen molar-refractivity contribution < 1.29 is 4.79 Å². The van der Waals surface area contributed by atoms with Crippen molar-refractivity contribution in [1.82, 2.24) is 14.8 Å². The van der Waals surface area contributed by atoms with Crippen LogP contribution in [0.3, 0.4) is 0 Å². The number of carbonyl (C=O) groups excluding carboxylic acids is 1. The largest absolute Gasteiger partial charge is 0.298 e. The molecule has 1 aliphatic rings. The first-order valence-corrected chi connectivity index (χ1v) is 10.4. The second-order valence-corrected chi connectivity index (χ2v) is 8.41. The molecule has 6 heteroatoms. The Balaban J connectivity index is 1.79. The molecule has 3 aromatic rings. The highest BCUT2D eigenvalue weighted by Gasteiger charge is 2.27. The Morgan fingerprint density at radius 1 is 1.11 bits per heavy atom. The van der Waals surface area contributed by atoms with E-state index in [-0.39, 0.29) is 5.25 Å². The molecule has 0 spiro atoms. The lowest BCUT2D eigenvalue weighted by molar-refractivity contribution is -0.119. The number of benzene rings is 2. The molecule has 27 heavy (non-hydrogen) atoms. The summed E-state index contributed by atoms with van der Waals surface area (Å²) in [6.07, 6.45) is 3.66. The first-order valence-electron chi connectivity index (χ1n) is 9.09. The first kappa shape index (κ1) is 18.3. The molecule has 1 atom stereocenters. The number of rotatable bonds is 4. The van der Waals surface area contributed by atoms with Crippen LogP contribution in [-0.2, 0) is 4.79 Å². The lowest BCUT2D eigenvalue weighted by atomic mass is 9.99. The van der Waals surface area contributed by atoms with E-state index < -0.39 is 0 Å². The molecule has 0 aliphatic heterocycles. The van der Waals surface area contributed by atoms with E-state index in [1.165, 1.54) is 11.8 Å². The van der Waals surface area contributed by atoms with Crippen molar-refractivity contribution in [3.05, 3.63) is 59.1 Å². The number of Topliss-reactive ketones (excluding diaryl/α,β-unsaturated/α-hetero) is 1. The predicted octanol–water partition coefficient (Wildman–Crippen LogP) is 5.50. The van der Waals surface area contributed by atoms with Gasteiger partial charge in [0.15, 0.2) is 11.0 Å². The Hall–Kier alpha value is -2.11. The number of hydrogen-bond donors (Lipinski definition) is 0. The minimum Gasteiger partial charge on any atom is -0.298 e. The van der Waals surface area contributed by atoms with Crippen LogP contribution in [0.2, 0.25) is 5.02 Å². The Morgan fingerprint density at radius 2 is 1.93 bits per heavy atom. The van der Waals surface area contributed by atoms with Crippen molar-refractivity contribution >= 4 is 29.1 Å². The number of carbonyl (C=O) groups is 1. The summed E-state index contributed by atoms with van der Waals surface area (Å²) in [6, 6.07) is 15.8. The smallest absolute Gasteiger partial charge is 0.196 e. The lowest BCUT2D eigenvalue weighted by Crippen LogP contribution is -2.21. The predicted molar refractivity (Wildman–Crippen MR) is 110 cm³/mol. The average molecular weight is 398 g/mol. The third-order valence-corrected chi connectivity index (χ3v) is 6.25. The van der Waals surface area contributed by atoms with Gasteiger partial charge in [0, 0.05) is 22.7 Å². The molecule has 0 radical (unpaired) electrons. The maximum absolute atomic E-state index is 12.3. The van der Waals surface area contributed by atoms with Gasteiger partial charge in [0.25, 0.3) is 0 Å². The van der Waals surface area contributed by atoms with Crippen molar-refractivity contribution in [3.8, 4) is 17.1 Å². The van der Waals surface area contributed by atoms with Gasteiger partial charge in [0.1, 0.15) is 5.78 Å². The summed E-state index contributed by atoms with van der Waals surface area (Å²) in [6.45, 7) is 2.06. The van der Waals surface area contributed by atoms with Crippen LogP contribution in [0, 0.1) is 6.92 Å². The molecule has 0 amide bonds. The zero-order valence-electron chi connectivity index (χ0n) is 15.1. The minimum atomic E-state index is -0.0374. The minimum absolute atomic E-state index is 0.0374. The van der Waals surface area contributed by atoms with E-state index in [1.807, 2.05) is 41.0 Å². The molecule has 4 nitrogen and oxygen atoms in total. The van der Waals surface area contributed by atoms with Gasteiger partial charge in [-0.15, -0.1) is 10.2 Å². The number of thioether (sulfide) groups is 1. The van der Waals surface area contributed by atoms with E-state index in [2.05, 4.69) is 29.3 Å². The van der Waals surface area contributed by atoms with Crippen LogP contribution in [0.15, 0.2) is 53.7 Å². The number of ketones is 1. The van der Waals surface area contributed by atoms with Gasteiger partial charge < -0.3 is 0 Å². The Bertz CT molecular complexity index is 968. The van der Waals surface area contributed by atoms with Crippen molar-refractivity contribution in [2.24, 2.45) is 0 Å². The van der Waals surface area contributed by atoms with Gasteiger partial charge in [-0.2, -0.15) is 0 Å². The summed E-state index contributed by atoms with van der Waals surface area (Å²) >= 11 is 7.57. The zero-order valence-corrected chi connectivity index (χ0v) is 16.6. The van der Waals surface area contributed by atoms with Crippen LogP contribution in [0.25, 0.3) is 17.1 Å². The molecule has 2 aromatic carbocycles. The van der Waals surface area contributed by atoms with E-state index in [1.54, 1.807) is 0 Å². The monoisotopic (exact) mass is 397 g/mol. The van der Waals surface area contributed by atoms with Gasteiger partial charge in [-0.1, -0.05) is 41.9 Å². The number of aryl methyl sites for hydroxylation is 1. The molecular weight excluding hydrogens is 378 g/mol. The summed E-state index contributed by atoms with van der Waals surface area (Å²) in [4.78, 5) is 12.3. The maximum atomic E-state index is 12.3. The third kappa shape index (κ3) is 3.94. The van der Waals surface area contributed by atoms with Gasteiger partial charge in [-0.05, 0) is 61.7 Å². The second kappa shape index (κ2) is 7.87. The molecule has 1 aromatic heterocycles. The summed E-state index contributed by atoms with van der Waals surface area (Å²) < 4.78 is 2.04. The van der Waals surface area contributed by atoms with Crippen molar-refractivity contribution in [1.29, 1.82) is 0 Å². The van der Waals surface area contributed by atoms with Crippen LogP contribution in [0.5, 0.6) is 0 Å². The summed E-state index contributed by atoms with van der Waals surface area (Å²) in [5.41, 5.74) is 3.10. The first-order chi connectivity index (χ1) is 13.1.